The fourth-order valence-corrected chi connectivity index (χ4v) is 2.44. The number of anilines is 1. The van der Waals surface area contributed by atoms with E-state index in [1.807, 2.05) is 6.92 Å². The maximum Gasteiger partial charge on any atom is 0.244 e. The van der Waals surface area contributed by atoms with Crippen molar-refractivity contribution in [3.8, 4) is 6.07 Å². The number of nitrogens with one attached hydrogen (secondary N) is 1. The monoisotopic (exact) mass is 248 g/mol. The van der Waals surface area contributed by atoms with Crippen molar-refractivity contribution in [2.75, 3.05) is 5.32 Å². The van der Waals surface area contributed by atoms with Gasteiger partial charge < -0.3 is 5.32 Å². The zero-order valence-corrected chi connectivity index (χ0v) is 10.3. The van der Waals surface area contributed by atoms with Gasteiger partial charge in [0, 0.05) is 0 Å². The molecule has 0 radical (unpaired) electrons. The molecule has 0 unspecified atom stereocenters. The number of hydrogen-bond donors (Lipinski definition) is 1. The van der Waals surface area contributed by atoms with E-state index in [0.717, 1.165) is 0 Å². The topological polar surface area (TPSA) is 52.9 Å². The molecule has 88 valence electrons. The Balaban J connectivity index is 2.13. The average Bonchev–Trinajstić information content (AvgIpc) is 2.27. The Bertz CT molecular complexity index is 486. The standard InChI is InChI=1S/C13H13ClN2O/c1-9-6-13(7-9,8-15)12(17)16-11-5-3-2-4-10(11)14/h2-5,9H,6-7H2,1H3,(H,16,17). The van der Waals surface area contributed by atoms with E-state index in [2.05, 4.69) is 11.4 Å². The van der Waals surface area contributed by atoms with E-state index in [0.29, 0.717) is 29.5 Å². The quantitative estimate of drug-likeness (QED) is 0.874. The van der Waals surface area contributed by atoms with E-state index in [1.165, 1.54) is 0 Å². The Hall–Kier alpha value is -1.53. The van der Waals surface area contributed by atoms with Gasteiger partial charge in [-0.05, 0) is 30.9 Å². The highest BCUT2D eigenvalue weighted by atomic mass is 35.5. The van der Waals surface area contributed by atoms with E-state index in [4.69, 9.17) is 16.9 Å². The van der Waals surface area contributed by atoms with Gasteiger partial charge in [-0.1, -0.05) is 30.7 Å². The molecule has 0 bridgehead atoms. The lowest BCUT2D eigenvalue weighted by atomic mass is 9.63. The van der Waals surface area contributed by atoms with Crippen LogP contribution in [0.15, 0.2) is 24.3 Å². The summed E-state index contributed by atoms with van der Waals surface area (Å²) in [6, 6.07) is 9.16. The van der Waals surface area contributed by atoms with Crippen LogP contribution in [0.5, 0.6) is 0 Å². The van der Waals surface area contributed by atoms with Crippen LogP contribution >= 0.6 is 11.6 Å². The molecule has 1 aromatic carbocycles. The van der Waals surface area contributed by atoms with Crippen molar-refractivity contribution in [1.29, 1.82) is 5.26 Å². The molecule has 2 rings (SSSR count). The Morgan fingerprint density at radius 2 is 2.18 bits per heavy atom. The second kappa shape index (κ2) is 4.38. The van der Waals surface area contributed by atoms with Crippen molar-refractivity contribution >= 4 is 23.2 Å². The number of nitrogens with zero attached hydrogens (tertiary/aromatic N) is 1. The summed E-state index contributed by atoms with van der Waals surface area (Å²) in [5.74, 6) is 0.192. The van der Waals surface area contributed by atoms with Gasteiger partial charge in [0.15, 0.2) is 0 Å². The van der Waals surface area contributed by atoms with Crippen molar-refractivity contribution < 1.29 is 4.79 Å². The van der Waals surface area contributed by atoms with Gasteiger partial charge in [-0.2, -0.15) is 5.26 Å². The summed E-state index contributed by atoms with van der Waals surface area (Å²) >= 11 is 5.95. The van der Waals surface area contributed by atoms with Crippen LogP contribution in [0.4, 0.5) is 5.69 Å². The van der Waals surface area contributed by atoms with E-state index in [1.54, 1.807) is 24.3 Å². The maximum atomic E-state index is 12.1. The van der Waals surface area contributed by atoms with Crippen LogP contribution < -0.4 is 5.32 Å². The van der Waals surface area contributed by atoms with Gasteiger partial charge in [-0.25, -0.2) is 0 Å². The van der Waals surface area contributed by atoms with Crippen LogP contribution in [-0.2, 0) is 4.79 Å². The number of para-hydroxylation sites is 1. The van der Waals surface area contributed by atoms with E-state index >= 15 is 0 Å². The largest absolute Gasteiger partial charge is 0.323 e. The number of carbonyl (C=O) groups excluding carboxylic acids is 1. The molecule has 1 saturated carbocycles. The third kappa shape index (κ3) is 2.13. The van der Waals surface area contributed by atoms with Gasteiger partial charge in [0.05, 0.1) is 16.8 Å². The van der Waals surface area contributed by atoms with Crippen LogP contribution in [-0.4, -0.2) is 5.91 Å². The smallest absolute Gasteiger partial charge is 0.244 e. The highest BCUT2D eigenvalue weighted by Crippen LogP contribution is 2.45. The molecule has 0 atom stereocenters. The SMILES string of the molecule is CC1CC(C#N)(C(=O)Nc2ccccc2Cl)C1. The van der Waals surface area contributed by atoms with Crippen LogP contribution in [0, 0.1) is 22.7 Å². The average molecular weight is 249 g/mol. The second-order valence-electron chi connectivity index (χ2n) is 4.64. The number of benzene rings is 1. The van der Waals surface area contributed by atoms with Gasteiger partial charge in [0.2, 0.25) is 5.91 Å². The van der Waals surface area contributed by atoms with Gasteiger partial charge in [-0.15, -0.1) is 0 Å². The Morgan fingerprint density at radius 1 is 1.53 bits per heavy atom. The lowest BCUT2D eigenvalue weighted by Gasteiger charge is -2.39. The minimum atomic E-state index is -0.863. The van der Waals surface area contributed by atoms with E-state index in [9.17, 15) is 4.79 Å². The molecule has 0 heterocycles. The van der Waals surface area contributed by atoms with Gasteiger partial charge in [0.25, 0.3) is 0 Å². The molecule has 17 heavy (non-hydrogen) atoms. The first-order chi connectivity index (χ1) is 8.07. The predicted molar refractivity (Wildman–Crippen MR) is 66.5 cm³/mol. The minimum Gasteiger partial charge on any atom is -0.323 e. The lowest BCUT2D eigenvalue weighted by molar-refractivity contribution is -0.128. The predicted octanol–water partition coefficient (Wildman–Crippen LogP) is 3.22. The normalized spacial score (nSPS) is 26.8. The summed E-state index contributed by atoms with van der Waals surface area (Å²) in [5, 5.41) is 12.3. The molecule has 1 N–H and O–H groups in total. The summed E-state index contributed by atoms with van der Waals surface area (Å²) in [7, 11) is 0. The molecule has 0 aliphatic heterocycles. The zero-order chi connectivity index (χ0) is 12.5. The first-order valence-electron chi connectivity index (χ1n) is 5.55. The molecule has 1 amide bonds. The van der Waals surface area contributed by atoms with Crippen LogP contribution in [0.3, 0.4) is 0 Å². The molecule has 4 heteroatoms. The Labute approximate surface area is 105 Å². The highest BCUT2D eigenvalue weighted by molar-refractivity contribution is 6.33. The Morgan fingerprint density at radius 3 is 2.71 bits per heavy atom. The maximum absolute atomic E-state index is 12.1. The van der Waals surface area contributed by atoms with E-state index in [-0.39, 0.29) is 5.91 Å². The van der Waals surface area contributed by atoms with Crippen molar-refractivity contribution in [1.82, 2.24) is 0 Å². The second-order valence-corrected chi connectivity index (χ2v) is 5.05. The van der Waals surface area contributed by atoms with Crippen LogP contribution in [0.25, 0.3) is 0 Å². The molecule has 1 aliphatic rings. The van der Waals surface area contributed by atoms with Crippen molar-refractivity contribution in [2.24, 2.45) is 11.3 Å². The van der Waals surface area contributed by atoms with Crippen molar-refractivity contribution in [2.45, 2.75) is 19.8 Å². The fraction of sp³-hybridized carbons (Fsp3) is 0.385. The molecule has 1 aliphatic carbocycles. The van der Waals surface area contributed by atoms with Crippen LogP contribution in [0.1, 0.15) is 19.8 Å². The minimum absolute atomic E-state index is 0.244. The lowest BCUT2D eigenvalue weighted by Crippen LogP contribution is -2.45. The molecule has 3 nitrogen and oxygen atoms in total. The molecule has 1 fully saturated rings. The zero-order valence-electron chi connectivity index (χ0n) is 9.53. The fourth-order valence-electron chi connectivity index (χ4n) is 2.26. The third-order valence-corrected chi connectivity index (χ3v) is 3.49. The summed E-state index contributed by atoms with van der Waals surface area (Å²) in [6.07, 6.45) is 1.25. The summed E-state index contributed by atoms with van der Waals surface area (Å²) in [6.45, 7) is 2.04. The third-order valence-electron chi connectivity index (χ3n) is 3.16. The van der Waals surface area contributed by atoms with Gasteiger partial charge in [-0.3, -0.25) is 4.79 Å². The molecule has 1 aromatic rings. The Kier molecular flexibility index (Phi) is 3.08. The number of carbonyl (C=O) groups is 1. The van der Waals surface area contributed by atoms with E-state index < -0.39 is 5.41 Å². The molecule has 0 aromatic heterocycles. The molecule has 0 spiro atoms. The number of amides is 1. The molecule has 0 saturated heterocycles. The first-order valence-corrected chi connectivity index (χ1v) is 5.92. The summed E-state index contributed by atoms with van der Waals surface area (Å²) in [5.41, 5.74) is -0.299. The summed E-state index contributed by atoms with van der Waals surface area (Å²) in [4.78, 5) is 12.1. The van der Waals surface area contributed by atoms with Crippen molar-refractivity contribution in [3.63, 3.8) is 0 Å². The first kappa shape index (κ1) is 11.9. The molecular weight excluding hydrogens is 236 g/mol. The van der Waals surface area contributed by atoms with Gasteiger partial charge in [0.1, 0.15) is 5.41 Å². The number of rotatable bonds is 2. The molecular formula is C13H13ClN2O. The van der Waals surface area contributed by atoms with Crippen molar-refractivity contribution in [3.05, 3.63) is 29.3 Å². The number of hydrogen-bond acceptors (Lipinski definition) is 2. The van der Waals surface area contributed by atoms with Crippen LogP contribution in [0.2, 0.25) is 5.02 Å². The summed E-state index contributed by atoms with van der Waals surface area (Å²) < 4.78 is 0. The number of halogens is 1. The van der Waals surface area contributed by atoms with Gasteiger partial charge >= 0.3 is 0 Å². The number of nitriles is 1. The highest BCUT2D eigenvalue weighted by Gasteiger charge is 2.49.